The number of hydrogen-bond acceptors (Lipinski definition) is 4. The minimum absolute atomic E-state index is 0.00496. The largest absolute Gasteiger partial charge is 0.341 e. The highest BCUT2D eigenvalue weighted by Gasteiger charge is 2.45. The molecule has 0 unspecified atom stereocenters. The quantitative estimate of drug-likeness (QED) is 0.690. The van der Waals surface area contributed by atoms with E-state index in [1.807, 2.05) is 18.7 Å². The van der Waals surface area contributed by atoms with Crippen molar-refractivity contribution in [1.29, 1.82) is 0 Å². The van der Waals surface area contributed by atoms with Crippen LogP contribution in [0.5, 0.6) is 0 Å². The number of likely N-dealkylation sites (tertiary alicyclic amines) is 1. The van der Waals surface area contributed by atoms with Crippen molar-refractivity contribution in [3.63, 3.8) is 0 Å². The Kier molecular flexibility index (Phi) is 6.38. The number of hydrogen-bond donors (Lipinski definition) is 0. The number of amides is 2. The summed E-state index contributed by atoms with van der Waals surface area (Å²) >= 11 is 0. The molecule has 1 aromatic rings. The molecule has 1 aromatic carbocycles. The second-order valence-electron chi connectivity index (χ2n) is 10.1. The fourth-order valence-electron chi connectivity index (χ4n) is 5.20. The highest BCUT2D eigenvalue weighted by atomic mass is 32.2. The number of rotatable bonds is 4. The third-order valence-electron chi connectivity index (χ3n) is 7.22. The first-order chi connectivity index (χ1) is 15.1. The second-order valence-corrected chi connectivity index (χ2v) is 12.0. The molecule has 8 heteroatoms. The van der Waals surface area contributed by atoms with Crippen molar-refractivity contribution in [2.75, 3.05) is 37.6 Å². The van der Waals surface area contributed by atoms with Crippen LogP contribution in [0.1, 0.15) is 64.9 Å². The molecule has 0 N–H and O–H groups in total. The Morgan fingerprint density at radius 2 is 1.75 bits per heavy atom. The first-order valence-electron chi connectivity index (χ1n) is 11.9. The Morgan fingerprint density at radius 1 is 1.06 bits per heavy atom. The zero-order chi connectivity index (χ0) is 23.1. The predicted octanol–water partition coefficient (Wildman–Crippen LogP) is 3.13. The zero-order valence-corrected chi connectivity index (χ0v) is 20.3. The van der Waals surface area contributed by atoms with E-state index in [9.17, 15) is 18.0 Å². The molecule has 2 saturated heterocycles. The van der Waals surface area contributed by atoms with E-state index in [2.05, 4.69) is 6.92 Å². The lowest BCUT2D eigenvalue weighted by Gasteiger charge is -2.30. The molecule has 0 aliphatic carbocycles. The van der Waals surface area contributed by atoms with Gasteiger partial charge in [0, 0.05) is 31.9 Å². The topological polar surface area (TPSA) is 78.0 Å². The van der Waals surface area contributed by atoms with Gasteiger partial charge in [-0.25, -0.2) is 8.42 Å². The summed E-state index contributed by atoms with van der Waals surface area (Å²) in [7, 11) is -3.62. The molecule has 1 atom stereocenters. The minimum atomic E-state index is -3.62. The number of carbonyl (C=O) groups is 2. The molecule has 3 aliphatic rings. The van der Waals surface area contributed by atoms with Crippen LogP contribution in [0, 0.1) is 5.92 Å². The zero-order valence-electron chi connectivity index (χ0n) is 19.5. The number of carbonyl (C=O) groups excluding carboxylic acids is 2. The van der Waals surface area contributed by atoms with Crippen molar-refractivity contribution >= 4 is 27.5 Å². The molecule has 2 amide bonds. The van der Waals surface area contributed by atoms with E-state index in [0.717, 1.165) is 51.6 Å². The van der Waals surface area contributed by atoms with E-state index in [0.29, 0.717) is 30.3 Å². The van der Waals surface area contributed by atoms with Gasteiger partial charge in [0.2, 0.25) is 21.8 Å². The third-order valence-corrected chi connectivity index (χ3v) is 9.08. The molecule has 2 fully saturated rings. The first kappa shape index (κ1) is 23.2. The smallest absolute Gasteiger partial charge is 0.243 e. The van der Waals surface area contributed by atoms with Gasteiger partial charge >= 0.3 is 0 Å². The van der Waals surface area contributed by atoms with Crippen LogP contribution in [0.3, 0.4) is 0 Å². The van der Waals surface area contributed by atoms with Crippen LogP contribution >= 0.6 is 0 Å². The average Bonchev–Trinajstić information content (AvgIpc) is 2.97. The summed E-state index contributed by atoms with van der Waals surface area (Å²) in [5.41, 5.74) is 0.446. The fourth-order valence-corrected chi connectivity index (χ4v) is 6.82. The molecule has 0 spiro atoms. The molecule has 176 valence electrons. The van der Waals surface area contributed by atoms with E-state index < -0.39 is 15.4 Å². The Morgan fingerprint density at radius 3 is 2.41 bits per heavy atom. The first-order valence-corrected chi connectivity index (χ1v) is 13.3. The monoisotopic (exact) mass is 461 g/mol. The van der Waals surface area contributed by atoms with E-state index in [1.165, 1.54) is 0 Å². The van der Waals surface area contributed by atoms with Gasteiger partial charge < -0.3 is 9.80 Å². The standard InChI is InChI=1S/C24H35N3O4S/c1-18-9-8-14-26(16-18)32(30,31)19-10-11-21-20(15-19)24(2,3)23(29)27(21)17-22(28)25-12-6-4-5-7-13-25/h10-11,15,18H,4-9,12-14,16-17H2,1-3H3/t18-/m1/s1. The Hall–Kier alpha value is -1.93. The van der Waals surface area contributed by atoms with Gasteiger partial charge in [0.1, 0.15) is 6.54 Å². The summed E-state index contributed by atoms with van der Waals surface area (Å²) in [6.45, 7) is 8.23. The summed E-state index contributed by atoms with van der Waals surface area (Å²) in [6, 6.07) is 4.95. The molecule has 3 aliphatic heterocycles. The van der Waals surface area contributed by atoms with E-state index in [-0.39, 0.29) is 23.3 Å². The van der Waals surface area contributed by atoms with Gasteiger partial charge in [0.25, 0.3) is 0 Å². The lowest BCUT2D eigenvalue weighted by molar-refractivity contribution is -0.131. The number of piperidine rings is 1. The van der Waals surface area contributed by atoms with Gasteiger partial charge in [0.05, 0.1) is 10.3 Å². The van der Waals surface area contributed by atoms with Crippen LogP contribution < -0.4 is 4.90 Å². The minimum Gasteiger partial charge on any atom is -0.341 e. The molecular formula is C24H35N3O4S. The third kappa shape index (κ3) is 4.19. The van der Waals surface area contributed by atoms with Crippen LogP contribution in [-0.2, 0) is 25.0 Å². The fraction of sp³-hybridized carbons (Fsp3) is 0.667. The van der Waals surface area contributed by atoms with Crippen molar-refractivity contribution < 1.29 is 18.0 Å². The van der Waals surface area contributed by atoms with Crippen LogP contribution in [0.4, 0.5) is 5.69 Å². The van der Waals surface area contributed by atoms with Gasteiger partial charge in [0.15, 0.2) is 0 Å². The van der Waals surface area contributed by atoms with Crippen molar-refractivity contribution in [3.8, 4) is 0 Å². The molecule has 0 radical (unpaired) electrons. The van der Waals surface area contributed by atoms with Gasteiger partial charge in [-0.15, -0.1) is 0 Å². The molecule has 32 heavy (non-hydrogen) atoms. The number of anilines is 1. The van der Waals surface area contributed by atoms with Gasteiger partial charge in [-0.05, 0) is 69.2 Å². The van der Waals surface area contributed by atoms with Crippen molar-refractivity contribution in [2.24, 2.45) is 5.92 Å². The predicted molar refractivity (Wildman–Crippen MR) is 124 cm³/mol. The van der Waals surface area contributed by atoms with Crippen LogP contribution in [-0.4, -0.2) is 62.2 Å². The molecule has 7 nitrogen and oxygen atoms in total. The van der Waals surface area contributed by atoms with Gasteiger partial charge in [-0.1, -0.05) is 19.8 Å². The normalized spacial score (nSPS) is 24.3. The van der Waals surface area contributed by atoms with E-state index >= 15 is 0 Å². The molecule has 0 bridgehead atoms. The van der Waals surface area contributed by atoms with Crippen molar-refractivity contribution in [2.45, 2.75) is 69.6 Å². The number of fused-ring (bicyclic) bond motifs is 1. The molecular weight excluding hydrogens is 426 g/mol. The number of benzene rings is 1. The highest BCUT2D eigenvalue weighted by molar-refractivity contribution is 7.89. The highest BCUT2D eigenvalue weighted by Crippen LogP contribution is 2.43. The van der Waals surface area contributed by atoms with Crippen LogP contribution in [0.15, 0.2) is 23.1 Å². The number of nitrogens with zero attached hydrogens (tertiary/aromatic N) is 3. The Balaban J connectivity index is 1.61. The average molecular weight is 462 g/mol. The maximum atomic E-state index is 13.3. The van der Waals surface area contributed by atoms with Crippen molar-refractivity contribution in [3.05, 3.63) is 23.8 Å². The Bertz CT molecular complexity index is 996. The van der Waals surface area contributed by atoms with Crippen LogP contribution in [0.2, 0.25) is 0 Å². The maximum absolute atomic E-state index is 13.3. The van der Waals surface area contributed by atoms with Crippen LogP contribution in [0.25, 0.3) is 0 Å². The van der Waals surface area contributed by atoms with Crippen molar-refractivity contribution in [1.82, 2.24) is 9.21 Å². The van der Waals surface area contributed by atoms with Gasteiger partial charge in [-0.3, -0.25) is 9.59 Å². The summed E-state index contributed by atoms with van der Waals surface area (Å²) in [5.74, 6) is 0.145. The molecule has 0 saturated carbocycles. The molecule has 3 heterocycles. The summed E-state index contributed by atoms with van der Waals surface area (Å²) in [6.07, 6.45) is 6.17. The summed E-state index contributed by atoms with van der Waals surface area (Å²) < 4.78 is 28.1. The number of sulfonamides is 1. The molecule has 4 rings (SSSR count). The SMILES string of the molecule is C[C@@H]1CCCN(S(=O)(=O)c2ccc3c(c2)C(C)(C)C(=O)N3CC(=O)N2CCCCCC2)C1. The maximum Gasteiger partial charge on any atom is 0.243 e. The lowest BCUT2D eigenvalue weighted by Crippen LogP contribution is -2.44. The Labute approximate surface area is 191 Å². The summed E-state index contributed by atoms with van der Waals surface area (Å²) in [4.78, 5) is 29.9. The second kappa shape index (κ2) is 8.78. The van der Waals surface area contributed by atoms with E-state index in [1.54, 1.807) is 27.4 Å². The summed E-state index contributed by atoms with van der Waals surface area (Å²) in [5, 5.41) is 0. The van der Waals surface area contributed by atoms with E-state index in [4.69, 9.17) is 0 Å². The van der Waals surface area contributed by atoms with Gasteiger partial charge in [-0.2, -0.15) is 4.31 Å². The lowest BCUT2D eigenvalue weighted by atomic mass is 9.86. The molecule has 0 aromatic heterocycles.